The molecule has 1 aromatic carbocycles. The number of piperidine rings is 1. The fourth-order valence-corrected chi connectivity index (χ4v) is 4.41. The van der Waals surface area contributed by atoms with Crippen molar-refractivity contribution >= 4 is 21.6 Å². The minimum Gasteiger partial charge on any atom is -0.396 e. The molecule has 0 amide bonds. The van der Waals surface area contributed by atoms with Gasteiger partial charge >= 0.3 is 0 Å². The van der Waals surface area contributed by atoms with E-state index < -0.39 is 15.8 Å². The molecule has 0 aromatic heterocycles. The zero-order valence-electron chi connectivity index (χ0n) is 11.1. The van der Waals surface area contributed by atoms with E-state index in [1.54, 1.807) is 0 Å². The smallest absolute Gasteiger partial charge is 0.243 e. The summed E-state index contributed by atoms with van der Waals surface area (Å²) in [6.07, 6.45) is 1.49. The first-order chi connectivity index (χ1) is 9.36. The Bertz CT molecular complexity index is 593. The highest BCUT2D eigenvalue weighted by Gasteiger charge is 2.34. The van der Waals surface area contributed by atoms with Crippen molar-refractivity contribution in [3.05, 3.63) is 29.0 Å². The minimum atomic E-state index is -3.72. The first kappa shape index (κ1) is 15.7. The SMILES string of the molecule is CC1CCC(CO)CN1S(=O)(=O)c1ccc(F)c(Cl)c1. The average molecular weight is 322 g/mol. The van der Waals surface area contributed by atoms with Crippen molar-refractivity contribution in [1.29, 1.82) is 0 Å². The monoisotopic (exact) mass is 321 g/mol. The molecule has 0 aliphatic carbocycles. The second-order valence-electron chi connectivity index (χ2n) is 5.13. The number of aliphatic hydroxyl groups excluding tert-OH is 1. The molecule has 2 rings (SSSR count). The largest absolute Gasteiger partial charge is 0.396 e. The molecule has 1 heterocycles. The lowest BCUT2D eigenvalue weighted by molar-refractivity contribution is 0.139. The van der Waals surface area contributed by atoms with Crippen LogP contribution in [0.2, 0.25) is 5.02 Å². The van der Waals surface area contributed by atoms with Gasteiger partial charge in [-0.1, -0.05) is 11.6 Å². The Balaban J connectivity index is 2.35. The van der Waals surface area contributed by atoms with Crippen molar-refractivity contribution in [2.45, 2.75) is 30.7 Å². The molecule has 0 radical (unpaired) electrons. The molecule has 1 aromatic rings. The van der Waals surface area contributed by atoms with E-state index in [4.69, 9.17) is 11.6 Å². The molecule has 1 N–H and O–H groups in total. The Morgan fingerprint density at radius 3 is 2.75 bits per heavy atom. The lowest BCUT2D eigenvalue weighted by atomic mass is 9.96. The Hall–Kier alpha value is -0.690. The summed E-state index contributed by atoms with van der Waals surface area (Å²) in [6.45, 7) is 2.06. The van der Waals surface area contributed by atoms with E-state index >= 15 is 0 Å². The van der Waals surface area contributed by atoms with Crippen molar-refractivity contribution < 1.29 is 17.9 Å². The van der Waals surface area contributed by atoms with Crippen LogP contribution in [0.5, 0.6) is 0 Å². The molecule has 2 atom stereocenters. The number of hydrogen-bond donors (Lipinski definition) is 1. The molecule has 7 heteroatoms. The van der Waals surface area contributed by atoms with Gasteiger partial charge in [0.05, 0.1) is 9.92 Å². The normalized spacial score (nSPS) is 24.8. The van der Waals surface area contributed by atoms with Gasteiger partial charge in [-0.2, -0.15) is 4.31 Å². The lowest BCUT2D eigenvalue weighted by Crippen LogP contribution is -2.46. The van der Waals surface area contributed by atoms with Crippen LogP contribution in [0.3, 0.4) is 0 Å². The maximum atomic E-state index is 13.1. The Kier molecular flexibility index (Phi) is 4.69. The van der Waals surface area contributed by atoms with Gasteiger partial charge < -0.3 is 5.11 Å². The highest BCUT2D eigenvalue weighted by atomic mass is 35.5. The minimum absolute atomic E-state index is 0.0191. The third-order valence-electron chi connectivity index (χ3n) is 3.68. The summed E-state index contributed by atoms with van der Waals surface area (Å²) in [5.74, 6) is -0.706. The summed E-state index contributed by atoms with van der Waals surface area (Å²) in [4.78, 5) is -0.0191. The van der Waals surface area contributed by atoms with Crippen LogP contribution in [0.1, 0.15) is 19.8 Å². The Labute approximate surface area is 123 Å². The van der Waals surface area contributed by atoms with Gasteiger partial charge in [0.15, 0.2) is 0 Å². The first-order valence-corrected chi connectivity index (χ1v) is 8.26. The standard InChI is InChI=1S/C13H17ClFNO3S/c1-9-2-3-10(8-17)7-16(9)20(18,19)11-4-5-13(15)12(14)6-11/h4-6,9-10,17H,2-3,7-8H2,1H3. The number of hydrogen-bond acceptors (Lipinski definition) is 3. The molecule has 1 fully saturated rings. The van der Waals surface area contributed by atoms with Crippen molar-refractivity contribution in [1.82, 2.24) is 4.31 Å². The summed E-state index contributed by atoms with van der Waals surface area (Å²) in [5.41, 5.74) is 0. The highest BCUT2D eigenvalue weighted by molar-refractivity contribution is 7.89. The van der Waals surface area contributed by atoms with E-state index in [0.29, 0.717) is 6.42 Å². The summed E-state index contributed by atoms with van der Waals surface area (Å²) in [7, 11) is -3.72. The summed E-state index contributed by atoms with van der Waals surface area (Å²) in [6, 6.07) is 3.24. The molecular weight excluding hydrogens is 305 g/mol. The lowest BCUT2D eigenvalue weighted by Gasteiger charge is -2.36. The first-order valence-electron chi connectivity index (χ1n) is 6.44. The van der Waals surface area contributed by atoms with E-state index in [0.717, 1.165) is 18.6 Å². The number of nitrogens with zero attached hydrogens (tertiary/aromatic N) is 1. The van der Waals surface area contributed by atoms with Crippen LogP contribution in [-0.4, -0.2) is 37.0 Å². The van der Waals surface area contributed by atoms with Crippen LogP contribution >= 0.6 is 11.6 Å². The van der Waals surface area contributed by atoms with Crippen LogP contribution in [-0.2, 0) is 10.0 Å². The topological polar surface area (TPSA) is 57.6 Å². The van der Waals surface area contributed by atoms with Gasteiger partial charge in [0, 0.05) is 19.2 Å². The highest BCUT2D eigenvalue weighted by Crippen LogP contribution is 2.29. The number of halogens is 2. The predicted octanol–water partition coefficient (Wildman–Crippen LogP) is 2.26. The maximum Gasteiger partial charge on any atom is 0.243 e. The fraction of sp³-hybridized carbons (Fsp3) is 0.538. The van der Waals surface area contributed by atoms with Gasteiger partial charge in [0.25, 0.3) is 0 Å². The van der Waals surface area contributed by atoms with Crippen molar-refractivity contribution in [3.63, 3.8) is 0 Å². The van der Waals surface area contributed by atoms with E-state index in [2.05, 4.69) is 0 Å². The quantitative estimate of drug-likeness (QED) is 0.929. The molecule has 1 saturated heterocycles. The van der Waals surface area contributed by atoms with Gasteiger partial charge in [0.1, 0.15) is 5.82 Å². The van der Waals surface area contributed by atoms with Crippen LogP contribution in [0, 0.1) is 11.7 Å². The molecule has 112 valence electrons. The molecular formula is C13H17ClFNO3S. The predicted molar refractivity (Wildman–Crippen MR) is 74.6 cm³/mol. The van der Waals surface area contributed by atoms with Crippen LogP contribution in [0.15, 0.2) is 23.1 Å². The van der Waals surface area contributed by atoms with Gasteiger partial charge in [-0.25, -0.2) is 12.8 Å². The maximum absolute atomic E-state index is 13.1. The van der Waals surface area contributed by atoms with Crippen LogP contribution in [0.4, 0.5) is 4.39 Å². The molecule has 0 bridgehead atoms. The van der Waals surface area contributed by atoms with E-state index in [-0.39, 0.29) is 35.0 Å². The molecule has 20 heavy (non-hydrogen) atoms. The number of sulfonamides is 1. The average Bonchev–Trinajstić information content (AvgIpc) is 2.42. The Morgan fingerprint density at radius 2 is 2.15 bits per heavy atom. The number of aliphatic hydroxyl groups is 1. The van der Waals surface area contributed by atoms with Gasteiger partial charge in [0.2, 0.25) is 10.0 Å². The van der Waals surface area contributed by atoms with Crippen molar-refractivity contribution in [3.8, 4) is 0 Å². The van der Waals surface area contributed by atoms with Crippen LogP contribution < -0.4 is 0 Å². The summed E-state index contributed by atoms with van der Waals surface area (Å²) >= 11 is 5.65. The number of rotatable bonds is 3. The molecule has 1 aliphatic heterocycles. The molecule has 1 aliphatic rings. The van der Waals surface area contributed by atoms with Crippen molar-refractivity contribution in [2.24, 2.45) is 5.92 Å². The summed E-state index contributed by atoms with van der Waals surface area (Å²) < 4.78 is 39.7. The third-order valence-corrected chi connectivity index (χ3v) is 5.94. The van der Waals surface area contributed by atoms with Gasteiger partial charge in [-0.05, 0) is 43.9 Å². The van der Waals surface area contributed by atoms with Crippen molar-refractivity contribution in [2.75, 3.05) is 13.2 Å². The van der Waals surface area contributed by atoms with Crippen LogP contribution in [0.25, 0.3) is 0 Å². The molecule has 0 spiro atoms. The van der Waals surface area contributed by atoms with E-state index in [1.165, 1.54) is 10.4 Å². The molecule has 4 nitrogen and oxygen atoms in total. The molecule has 2 unspecified atom stereocenters. The summed E-state index contributed by atoms with van der Waals surface area (Å²) in [5, 5.41) is 9.01. The Morgan fingerprint density at radius 1 is 1.45 bits per heavy atom. The third kappa shape index (κ3) is 2.98. The molecule has 0 saturated carbocycles. The van der Waals surface area contributed by atoms with E-state index in [1.807, 2.05) is 6.92 Å². The second kappa shape index (κ2) is 5.97. The zero-order chi connectivity index (χ0) is 14.9. The van der Waals surface area contributed by atoms with Gasteiger partial charge in [-0.3, -0.25) is 0 Å². The second-order valence-corrected chi connectivity index (χ2v) is 7.42. The fourth-order valence-electron chi connectivity index (χ4n) is 2.40. The number of benzene rings is 1. The zero-order valence-corrected chi connectivity index (χ0v) is 12.7. The van der Waals surface area contributed by atoms with E-state index in [9.17, 15) is 17.9 Å². The van der Waals surface area contributed by atoms with Gasteiger partial charge in [-0.15, -0.1) is 0 Å².